The summed E-state index contributed by atoms with van der Waals surface area (Å²) in [6, 6.07) is 13.0. The number of nitrogens with one attached hydrogen (secondary N) is 1. The fourth-order valence-electron chi connectivity index (χ4n) is 2.03. The second-order valence-corrected chi connectivity index (χ2v) is 5.50. The first-order valence-corrected chi connectivity index (χ1v) is 7.49. The van der Waals surface area contributed by atoms with Crippen LogP contribution >= 0.6 is 12.4 Å². The van der Waals surface area contributed by atoms with E-state index in [1.807, 2.05) is 31.2 Å². The third-order valence-corrected chi connectivity index (χ3v) is 3.47. The van der Waals surface area contributed by atoms with Crippen LogP contribution in [0.25, 0.3) is 0 Å². The van der Waals surface area contributed by atoms with E-state index in [2.05, 4.69) is 5.32 Å². The van der Waals surface area contributed by atoms with E-state index >= 15 is 0 Å². The largest absolute Gasteiger partial charge is 0.489 e. The lowest BCUT2D eigenvalue weighted by atomic mass is 10.1. The standard InChI is InChI=1S/C18H21FN2O2.ClH/c1-12(20)18(22)21-13(2)15-5-9-17(10-6-15)23-11-14-3-7-16(19)8-4-14;/h3-10,12-13H,11,20H2,1-2H3,(H,21,22);1H/t12-,13?;/m0./s1. The second-order valence-electron chi connectivity index (χ2n) is 5.50. The number of carbonyl (C=O) groups excluding carboxylic acids is 1. The molecule has 2 aromatic carbocycles. The molecule has 0 spiro atoms. The predicted molar refractivity (Wildman–Crippen MR) is 94.6 cm³/mol. The molecule has 6 heteroatoms. The van der Waals surface area contributed by atoms with Crippen LogP contribution in [0.3, 0.4) is 0 Å². The Morgan fingerprint density at radius 1 is 1.12 bits per heavy atom. The average molecular weight is 353 g/mol. The minimum Gasteiger partial charge on any atom is -0.489 e. The molecule has 0 aliphatic carbocycles. The van der Waals surface area contributed by atoms with Gasteiger partial charge in [0.1, 0.15) is 18.2 Å². The van der Waals surface area contributed by atoms with Gasteiger partial charge in [0.05, 0.1) is 12.1 Å². The quantitative estimate of drug-likeness (QED) is 0.838. The van der Waals surface area contributed by atoms with Crippen molar-refractivity contribution in [3.8, 4) is 5.75 Å². The maximum Gasteiger partial charge on any atom is 0.237 e. The summed E-state index contributed by atoms with van der Waals surface area (Å²) in [5.74, 6) is 0.263. The summed E-state index contributed by atoms with van der Waals surface area (Å²) >= 11 is 0. The Morgan fingerprint density at radius 3 is 2.25 bits per heavy atom. The van der Waals surface area contributed by atoms with Crippen LogP contribution in [-0.2, 0) is 11.4 Å². The van der Waals surface area contributed by atoms with Gasteiger partial charge >= 0.3 is 0 Å². The summed E-state index contributed by atoms with van der Waals surface area (Å²) in [5, 5.41) is 2.84. The Balaban J connectivity index is 0.00000288. The summed E-state index contributed by atoms with van der Waals surface area (Å²) in [6.07, 6.45) is 0. The molecule has 0 saturated carbocycles. The molecule has 1 amide bonds. The SMILES string of the molecule is CC(NC(=O)[C@H](C)N)c1ccc(OCc2ccc(F)cc2)cc1.Cl. The van der Waals surface area contributed by atoms with Gasteiger partial charge in [-0.15, -0.1) is 12.4 Å². The van der Waals surface area contributed by atoms with Gasteiger partial charge in [-0.25, -0.2) is 4.39 Å². The Kier molecular flexibility index (Phi) is 7.68. The Labute approximate surface area is 147 Å². The third kappa shape index (κ3) is 5.83. The van der Waals surface area contributed by atoms with Crippen LogP contribution in [-0.4, -0.2) is 11.9 Å². The number of ether oxygens (including phenoxy) is 1. The van der Waals surface area contributed by atoms with Gasteiger partial charge in [-0.05, 0) is 49.2 Å². The zero-order valence-electron chi connectivity index (χ0n) is 13.7. The molecule has 2 aromatic rings. The van der Waals surface area contributed by atoms with Crippen molar-refractivity contribution in [2.75, 3.05) is 0 Å². The molecule has 0 heterocycles. The molecule has 0 aliphatic rings. The Bertz CT molecular complexity index is 645. The molecule has 0 aliphatic heterocycles. The number of benzene rings is 2. The summed E-state index contributed by atoms with van der Waals surface area (Å²) in [4.78, 5) is 11.6. The highest BCUT2D eigenvalue weighted by Gasteiger charge is 2.12. The van der Waals surface area contributed by atoms with Crippen LogP contribution in [0.2, 0.25) is 0 Å². The minimum absolute atomic E-state index is 0. The average Bonchev–Trinajstić information content (AvgIpc) is 2.54. The molecular weight excluding hydrogens is 331 g/mol. The van der Waals surface area contributed by atoms with Gasteiger partial charge in [-0.3, -0.25) is 4.79 Å². The van der Waals surface area contributed by atoms with E-state index in [1.54, 1.807) is 19.1 Å². The topological polar surface area (TPSA) is 64.4 Å². The van der Waals surface area contributed by atoms with Crippen LogP contribution in [0.5, 0.6) is 5.75 Å². The van der Waals surface area contributed by atoms with Crippen LogP contribution < -0.4 is 15.8 Å². The second kappa shape index (κ2) is 9.25. The highest BCUT2D eigenvalue weighted by Crippen LogP contribution is 2.18. The molecule has 130 valence electrons. The Morgan fingerprint density at radius 2 is 1.71 bits per heavy atom. The highest BCUT2D eigenvalue weighted by atomic mass is 35.5. The number of carbonyl (C=O) groups is 1. The lowest BCUT2D eigenvalue weighted by Crippen LogP contribution is -2.39. The maximum absolute atomic E-state index is 12.8. The first kappa shape index (κ1) is 19.9. The molecule has 0 saturated heterocycles. The third-order valence-electron chi connectivity index (χ3n) is 3.47. The van der Waals surface area contributed by atoms with Crippen molar-refractivity contribution in [1.82, 2.24) is 5.32 Å². The maximum atomic E-state index is 12.8. The number of nitrogens with two attached hydrogens (primary N) is 1. The summed E-state index contributed by atoms with van der Waals surface area (Å²) < 4.78 is 18.5. The van der Waals surface area contributed by atoms with E-state index in [4.69, 9.17) is 10.5 Å². The lowest BCUT2D eigenvalue weighted by Gasteiger charge is -2.16. The minimum atomic E-state index is -0.532. The van der Waals surface area contributed by atoms with Crippen LogP contribution in [0, 0.1) is 5.82 Å². The van der Waals surface area contributed by atoms with Gasteiger partial charge in [-0.2, -0.15) is 0 Å². The first-order valence-electron chi connectivity index (χ1n) is 7.49. The monoisotopic (exact) mass is 352 g/mol. The molecule has 1 unspecified atom stereocenters. The first-order chi connectivity index (χ1) is 11.0. The van der Waals surface area contributed by atoms with Crippen LogP contribution in [0.1, 0.15) is 31.0 Å². The van der Waals surface area contributed by atoms with E-state index in [9.17, 15) is 9.18 Å². The molecule has 24 heavy (non-hydrogen) atoms. The van der Waals surface area contributed by atoms with Crippen LogP contribution in [0.4, 0.5) is 4.39 Å². The lowest BCUT2D eigenvalue weighted by molar-refractivity contribution is -0.122. The van der Waals surface area contributed by atoms with Crippen molar-refractivity contribution in [2.24, 2.45) is 5.73 Å². The van der Waals surface area contributed by atoms with Crippen molar-refractivity contribution in [3.63, 3.8) is 0 Å². The number of hydrogen-bond acceptors (Lipinski definition) is 3. The Hall–Kier alpha value is -2.11. The molecule has 0 bridgehead atoms. The van der Waals surface area contributed by atoms with Crippen molar-refractivity contribution >= 4 is 18.3 Å². The fourth-order valence-corrected chi connectivity index (χ4v) is 2.03. The van der Waals surface area contributed by atoms with Crippen LogP contribution in [0.15, 0.2) is 48.5 Å². The fraction of sp³-hybridized carbons (Fsp3) is 0.278. The van der Waals surface area contributed by atoms with Gasteiger partial charge in [0.2, 0.25) is 5.91 Å². The number of hydrogen-bond donors (Lipinski definition) is 2. The van der Waals surface area contributed by atoms with E-state index in [-0.39, 0.29) is 30.2 Å². The molecule has 0 fully saturated rings. The smallest absolute Gasteiger partial charge is 0.237 e. The van der Waals surface area contributed by atoms with E-state index in [0.717, 1.165) is 11.1 Å². The zero-order chi connectivity index (χ0) is 16.8. The van der Waals surface area contributed by atoms with Crippen molar-refractivity contribution in [1.29, 1.82) is 0 Å². The molecule has 3 N–H and O–H groups in total. The summed E-state index contributed by atoms with van der Waals surface area (Å²) in [7, 11) is 0. The number of halogens is 2. The van der Waals surface area contributed by atoms with Gasteiger partial charge in [0.15, 0.2) is 0 Å². The molecule has 0 aromatic heterocycles. The van der Waals surface area contributed by atoms with Crippen molar-refractivity contribution in [2.45, 2.75) is 32.5 Å². The van der Waals surface area contributed by atoms with Gasteiger partial charge in [0.25, 0.3) is 0 Å². The summed E-state index contributed by atoms with van der Waals surface area (Å²) in [6.45, 7) is 3.92. The van der Waals surface area contributed by atoms with E-state index < -0.39 is 6.04 Å². The van der Waals surface area contributed by atoms with Gasteiger partial charge in [0, 0.05) is 0 Å². The summed E-state index contributed by atoms with van der Waals surface area (Å²) in [5.41, 5.74) is 7.40. The normalized spacial score (nSPS) is 12.7. The van der Waals surface area contributed by atoms with Crippen molar-refractivity contribution in [3.05, 3.63) is 65.5 Å². The zero-order valence-corrected chi connectivity index (χ0v) is 14.5. The molecule has 2 atom stereocenters. The molecular formula is C18H22ClFN2O2. The van der Waals surface area contributed by atoms with E-state index in [1.165, 1.54) is 12.1 Å². The molecule has 0 radical (unpaired) electrons. The number of amides is 1. The highest BCUT2D eigenvalue weighted by molar-refractivity contribution is 5.85. The van der Waals surface area contributed by atoms with Crippen molar-refractivity contribution < 1.29 is 13.9 Å². The van der Waals surface area contributed by atoms with Gasteiger partial charge in [-0.1, -0.05) is 24.3 Å². The van der Waals surface area contributed by atoms with E-state index in [0.29, 0.717) is 12.4 Å². The van der Waals surface area contributed by atoms with Gasteiger partial charge < -0.3 is 15.8 Å². The predicted octanol–water partition coefficient (Wildman–Crippen LogP) is 3.35. The molecule has 4 nitrogen and oxygen atoms in total. The number of rotatable bonds is 6. The molecule has 2 rings (SSSR count).